The quantitative estimate of drug-likeness (QED) is 0.889. The van der Waals surface area contributed by atoms with E-state index in [1.165, 1.54) is 25.7 Å². The van der Waals surface area contributed by atoms with Gasteiger partial charge < -0.3 is 10.0 Å². The lowest BCUT2D eigenvalue weighted by atomic mass is 10.0. The van der Waals surface area contributed by atoms with Crippen LogP contribution in [0.4, 0.5) is 0 Å². The maximum Gasteiger partial charge on any atom is 0.335 e. The first kappa shape index (κ1) is 13.1. The van der Waals surface area contributed by atoms with Gasteiger partial charge in [0.1, 0.15) is 0 Å². The highest BCUT2D eigenvalue weighted by Crippen LogP contribution is 2.13. The normalized spacial score (nSPS) is 17.3. The highest BCUT2D eigenvalue weighted by Gasteiger charge is 2.12. The van der Waals surface area contributed by atoms with Gasteiger partial charge in [-0.05, 0) is 44.0 Å². The summed E-state index contributed by atoms with van der Waals surface area (Å²) in [5.41, 5.74) is 1.40. The summed E-state index contributed by atoms with van der Waals surface area (Å²) in [7, 11) is 0. The Kier molecular flexibility index (Phi) is 4.76. The molecule has 1 N–H and O–H groups in total. The molecule has 1 fully saturated rings. The molecule has 1 aromatic carbocycles. The number of carboxylic acids is 1. The maximum absolute atomic E-state index is 11.1. The number of aromatic carboxylic acids is 1. The third-order valence-electron chi connectivity index (χ3n) is 3.64. The van der Waals surface area contributed by atoms with Crippen molar-refractivity contribution in [3.8, 4) is 0 Å². The average molecular weight is 247 g/mol. The van der Waals surface area contributed by atoms with E-state index in [1.54, 1.807) is 12.1 Å². The van der Waals surface area contributed by atoms with Crippen LogP contribution in [-0.4, -0.2) is 35.6 Å². The molecule has 0 unspecified atom stereocenters. The van der Waals surface area contributed by atoms with E-state index in [9.17, 15) is 4.79 Å². The van der Waals surface area contributed by atoms with Crippen molar-refractivity contribution in [2.45, 2.75) is 32.1 Å². The number of rotatable bonds is 4. The summed E-state index contributed by atoms with van der Waals surface area (Å²) in [5, 5.41) is 9.13. The number of carboxylic acid groups (broad SMARTS) is 1. The molecule has 0 spiro atoms. The molecular formula is C15H21NO2. The Balaban J connectivity index is 1.94. The molecule has 1 aliphatic heterocycles. The molecule has 2 rings (SSSR count). The highest BCUT2D eigenvalue weighted by molar-refractivity contribution is 5.89. The molecule has 1 aromatic rings. The number of nitrogens with zero attached hydrogens (tertiary/aromatic N) is 1. The number of carbonyl (C=O) groups is 1. The smallest absolute Gasteiger partial charge is 0.335 e. The molecule has 0 bridgehead atoms. The second kappa shape index (κ2) is 6.55. The largest absolute Gasteiger partial charge is 0.478 e. The van der Waals surface area contributed by atoms with Crippen LogP contribution in [0.1, 0.15) is 41.6 Å². The van der Waals surface area contributed by atoms with Crippen LogP contribution in [0.15, 0.2) is 24.3 Å². The minimum absolute atomic E-state index is 0.451. The lowest BCUT2D eigenvalue weighted by molar-refractivity contribution is 0.0695. The second-order valence-electron chi connectivity index (χ2n) is 4.97. The Morgan fingerprint density at radius 1 is 1.11 bits per heavy atom. The number of likely N-dealkylation sites (tertiary alicyclic amines) is 1. The van der Waals surface area contributed by atoms with Gasteiger partial charge in [0.25, 0.3) is 0 Å². The molecular weight excluding hydrogens is 226 g/mol. The molecule has 98 valence electrons. The lowest BCUT2D eigenvalue weighted by Gasteiger charge is -2.20. The van der Waals surface area contributed by atoms with E-state index in [-0.39, 0.29) is 0 Å². The number of hydrogen-bond donors (Lipinski definition) is 1. The maximum atomic E-state index is 11.1. The Labute approximate surface area is 108 Å². The first-order chi connectivity index (χ1) is 8.77. The first-order valence-corrected chi connectivity index (χ1v) is 6.81. The summed E-state index contributed by atoms with van der Waals surface area (Å²) in [4.78, 5) is 13.6. The van der Waals surface area contributed by atoms with Gasteiger partial charge in [-0.15, -0.1) is 0 Å². The Morgan fingerprint density at radius 2 is 1.78 bits per heavy atom. The third kappa shape index (κ3) is 3.57. The van der Waals surface area contributed by atoms with Crippen molar-refractivity contribution in [2.75, 3.05) is 19.6 Å². The van der Waals surface area contributed by atoms with Crippen LogP contribution < -0.4 is 0 Å². The minimum Gasteiger partial charge on any atom is -0.478 e. The zero-order valence-electron chi connectivity index (χ0n) is 10.8. The molecule has 18 heavy (non-hydrogen) atoms. The highest BCUT2D eigenvalue weighted by atomic mass is 16.4. The van der Waals surface area contributed by atoms with Gasteiger partial charge in [0.05, 0.1) is 5.56 Å². The average Bonchev–Trinajstić information content (AvgIpc) is 2.65. The fourth-order valence-electron chi connectivity index (χ4n) is 2.59. The monoisotopic (exact) mass is 247 g/mol. The molecule has 1 saturated heterocycles. The summed E-state index contributed by atoms with van der Waals surface area (Å²) in [6, 6.07) is 7.34. The third-order valence-corrected chi connectivity index (χ3v) is 3.64. The van der Waals surface area contributed by atoms with Gasteiger partial charge in [0.15, 0.2) is 0 Å². The van der Waals surface area contributed by atoms with Crippen molar-refractivity contribution in [3.05, 3.63) is 35.4 Å². The van der Waals surface area contributed by atoms with E-state index in [2.05, 4.69) is 4.90 Å². The molecule has 3 heteroatoms. The predicted octanol–water partition coefficient (Wildman–Crippen LogP) is 2.80. The van der Waals surface area contributed by atoms with Crippen LogP contribution in [0.25, 0.3) is 0 Å². The van der Waals surface area contributed by atoms with Gasteiger partial charge >= 0.3 is 5.97 Å². The fourth-order valence-corrected chi connectivity index (χ4v) is 2.59. The molecule has 0 radical (unpaired) electrons. The van der Waals surface area contributed by atoms with E-state index in [0.29, 0.717) is 5.56 Å². The minimum atomic E-state index is -0.818. The summed E-state index contributed by atoms with van der Waals surface area (Å²) in [6.45, 7) is 3.30. The van der Waals surface area contributed by atoms with E-state index < -0.39 is 5.97 Å². The van der Waals surface area contributed by atoms with E-state index in [1.807, 2.05) is 12.1 Å². The van der Waals surface area contributed by atoms with Crippen LogP contribution in [0, 0.1) is 0 Å². The van der Waals surface area contributed by atoms with Gasteiger partial charge in [-0.25, -0.2) is 4.79 Å². The molecule has 1 aliphatic rings. The van der Waals surface area contributed by atoms with Crippen LogP contribution in [0.3, 0.4) is 0 Å². The summed E-state index contributed by atoms with van der Waals surface area (Å²) in [6.07, 6.45) is 6.06. The molecule has 0 aliphatic carbocycles. The number of benzene rings is 1. The van der Waals surface area contributed by atoms with Gasteiger partial charge in [-0.1, -0.05) is 31.0 Å². The molecule has 0 saturated carbocycles. The van der Waals surface area contributed by atoms with Gasteiger partial charge in [0.2, 0.25) is 0 Å². The van der Waals surface area contributed by atoms with Crippen molar-refractivity contribution in [1.29, 1.82) is 0 Å². The summed E-state index contributed by atoms with van der Waals surface area (Å²) in [5.74, 6) is -0.818. The van der Waals surface area contributed by atoms with Crippen LogP contribution in [0.5, 0.6) is 0 Å². The molecule has 0 amide bonds. The predicted molar refractivity (Wildman–Crippen MR) is 72.0 cm³/mol. The van der Waals surface area contributed by atoms with Gasteiger partial charge in [-0.2, -0.15) is 0 Å². The van der Waals surface area contributed by atoms with Crippen LogP contribution in [0.2, 0.25) is 0 Å². The van der Waals surface area contributed by atoms with Crippen LogP contribution >= 0.6 is 0 Å². The van der Waals surface area contributed by atoms with E-state index >= 15 is 0 Å². The zero-order chi connectivity index (χ0) is 12.8. The molecule has 1 heterocycles. The standard InChI is InChI=1S/C15H21NO2/c17-15(18)14-8-4-3-7-13(14)9-12-16-10-5-1-2-6-11-16/h3-4,7-8H,1-2,5-6,9-12H2,(H,17,18). The van der Waals surface area contributed by atoms with Gasteiger partial charge in [-0.3, -0.25) is 0 Å². The SMILES string of the molecule is O=C(O)c1ccccc1CCN1CCCCCC1. The van der Waals surface area contributed by atoms with Crippen molar-refractivity contribution >= 4 is 5.97 Å². The Bertz CT molecular complexity index is 395. The lowest BCUT2D eigenvalue weighted by Crippen LogP contribution is -2.27. The van der Waals surface area contributed by atoms with E-state index in [4.69, 9.17) is 5.11 Å². The van der Waals surface area contributed by atoms with Crippen molar-refractivity contribution in [3.63, 3.8) is 0 Å². The zero-order valence-corrected chi connectivity index (χ0v) is 10.8. The van der Waals surface area contributed by atoms with E-state index in [0.717, 1.165) is 31.6 Å². The number of hydrogen-bond acceptors (Lipinski definition) is 2. The molecule has 3 nitrogen and oxygen atoms in total. The summed E-state index contributed by atoms with van der Waals surface area (Å²) >= 11 is 0. The van der Waals surface area contributed by atoms with Crippen molar-refractivity contribution in [2.24, 2.45) is 0 Å². The fraction of sp³-hybridized carbons (Fsp3) is 0.533. The summed E-state index contributed by atoms with van der Waals surface area (Å²) < 4.78 is 0. The first-order valence-electron chi connectivity index (χ1n) is 6.81. The van der Waals surface area contributed by atoms with Gasteiger partial charge in [0, 0.05) is 6.54 Å². The Morgan fingerprint density at radius 3 is 2.44 bits per heavy atom. The van der Waals surface area contributed by atoms with Crippen LogP contribution in [-0.2, 0) is 6.42 Å². The molecule has 0 aromatic heterocycles. The topological polar surface area (TPSA) is 40.5 Å². The van der Waals surface area contributed by atoms with Crippen molar-refractivity contribution in [1.82, 2.24) is 4.90 Å². The molecule has 0 atom stereocenters. The Hall–Kier alpha value is -1.35. The van der Waals surface area contributed by atoms with Crippen molar-refractivity contribution < 1.29 is 9.90 Å². The second-order valence-corrected chi connectivity index (χ2v) is 4.97.